The van der Waals surface area contributed by atoms with E-state index in [1.807, 2.05) is 42.7 Å². The Labute approximate surface area is 272 Å². The Hall–Kier alpha value is -5.35. The first-order valence-electron chi connectivity index (χ1n) is 15.1. The van der Waals surface area contributed by atoms with Crippen molar-refractivity contribution in [2.24, 2.45) is 0 Å². The summed E-state index contributed by atoms with van der Waals surface area (Å²) in [5.41, 5.74) is 8.79. The molecule has 4 nitrogen and oxygen atoms in total. The fourth-order valence-corrected chi connectivity index (χ4v) is 11.0. The van der Waals surface area contributed by atoms with Gasteiger partial charge in [0.25, 0.3) is 0 Å². The maximum atomic E-state index is 6.92. The molecule has 2 aromatic heterocycles. The van der Waals surface area contributed by atoms with E-state index < -0.39 is 6.04 Å². The molecule has 2 aliphatic rings. The monoisotopic (exact) mass is 628 g/mol. The lowest BCUT2D eigenvalue weighted by atomic mass is 10.00. The average Bonchev–Trinajstić information content (AvgIpc) is 3.12. The summed E-state index contributed by atoms with van der Waals surface area (Å²) in [4.78, 5) is 8.63. The normalized spacial score (nSPS) is 13.4. The number of fused-ring (bicyclic) bond motifs is 4. The third kappa shape index (κ3) is 4.32. The van der Waals surface area contributed by atoms with Crippen LogP contribution in [0, 0.1) is 0 Å². The molecule has 0 fully saturated rings. The molecule has 0 saturated carbocycles. The third-order valence-corrected chi connectivity index (χ3v) is 13.5. The largest absolute Gasteiger partial charge is 0.456 e. The van der Waals surface area contributed by atoms with Gasteiger partial charge in [-0.15, -0.1) is 0 Å². The highest BCUT2D eigenvalue weighted by Gasteiger charge is 2.42. The molecular formula is C40H25N2O2PS. The lowest BCUT2D eigenvalue weighted by Crippen LogP contribution is -2.35. The highest BCUT2D eigenvalue weighted by Crippen LogP contribution is 2.59. The van der Waals surface area contributed by atoms with Crippen LogP contribution in [0.1, 0.15) is 0 Å². The van der Waals surface area contributed by atoms with Gasteiger partial charge in [0, 0.05) is 46.5 Å². The molecule has 0 spiro atoms. The van der Waals surface area contributed by atoms with Crippen LogP contribution in [0.5, 0.6) is 23.0 Å². The number of aromatic nitrogens is 2. The van der Waals surface area contributed by atoms with E-state index in [1.54, 1.807) is 12.4 Å². The summed E-state index contributed by atoms with van der Waals surface area (Å²) in [6, 6.07) is 41.5. The van der Waals surface area contributed by atoms with Crippen LogP contribution >= 0.6 is 6.04 Å². The van der Waals surface area contributed by atoms with Crippen molar-refractivity contribution in [2.75, 3.05) is 0 Å². The molecule has 2 aliphatic heterocycles. The number of benzene rings is 5. The van der Waals surface area contributed by atoms with Gasteiger partial charge >= 0.3 is 0 Å². The van der Waals surface area contributed by atoms with E-state index in [0.29, 0.717) is 0 Å². The number of ether oxygens (including phenoxy) is 2. The number of hydrogen-bond donors (Lipinski definition) is 0. The predicted octanol–water partition coefficient (Wildman–Crippen LogP) is 9.11. The molecule has 0 N–H and O–H groups in total. The molecule has 0 bridgehead atoms. The van der Waals surface area contributed by atoms with Crippen molar-refractivity contribution in [1.82, 2.24) is 9.97 Å². The summed E-state index contributed by atoms with van der Waals surface area (Å²) in [6.07, 6.45) is 7.38. The predicted molar refractivity (Wildman–Crippen MR) is 190 cm³/mol. The van der Waals surface area contributed by atoms with Crippen LogP contribution in [0.4, 0.5) is 0 Å². The minimum absolute atomic E-state index is 0.772. The first kappa shape index (κ1) is 27.0. The Balaban J connectivity index is 1.21. The molecule has 7 aromatic rings. The van der Waals surface area contributed by atoms with E-state index in [9.17, 15) is 0 Å². The van der Waals surface area contributed by atoms with Crippen molar-refractivity contribution in [1.29, 1.82) is 0 Å². The summed E-state index contributed by atoms with van der Waals surface area (Å²) in [7, 11) is 0. The number of nitrogens with zero attached hydrogens (tertiary/aromatic N) is 2. The van der Waals surface area contributed by atoms with Crippen LogP contribution in [0.2, 0.25) is 0 Å². The van der Waals surface area contributed by atoms with Gasteiger partial charge in [-0.3, -0.25) is 9.97 Å². The highest BCUT2D eigenvalue weighted by atomic mass is 32.4. The van der Waals surface area contributed by atoms with Gasteiger partial charge in [0.1, 0.15) is 23.0 Å². The Kier molecular flexibility index (Phi) is 6.24. The quantitative estimate of drug-likeness (QED) is 0.182. The van der Waals surface area contributed by atoms with E-state index in [1.165, 1.54) is 0 Å². The summed E-state index contributed by atoms with van der Waals surface area (Å²) in [5, 5.41) is 3.06. The summed E-state index contributed by atoms with van der Waals surface area (Å²) >= 11 is 6.92. The maximum absolute atomic E-state index is 6.92. The molecule has 0 aliphatic carbocycles. The van der Waals surface area contributed by atoms with E-state index in [-0.39, 0.29) is 0 Å². The lowest BCUT2D eigenvalue weighted by Gasteiger charge is -2.37. The third-order valence-electron chi connectivity index (χ3n) is 8.69. The minimum Gasteiger partial charge on any atom is -0.456 e. The number of hydrogen-bond acceptors (Lipinski definition) is 5. The van der Waals surface area contributed by atoms with E-state index >= 15 is 0 Å². The molecule has 6 heteroatoms. The highest BCUT2D eigenvalue weighted by molar-refractivity contribution is 8.26. The molecule has 218 valence electrons. The second kappa shape index (κ2) is 10.6. The molecule has 0 atom stereocenters. The second-order valence-corrected chi connectivity index (χ2v) is 15.7. The van der Waals surface area contributed by atoms with Gasteiger partial charge in [-0.2, -0.15) is 0 Å². The van der Waals surface area contributed by atoms with E-state index in [2.05, 4.69) is 107 Å². The zero-order valence-electron chi connectivity index (χ0n) is 24.5. The van der Waals surface area contributed by atoms with Crippen LogP contribution < -0.4 is 25.4 Å². The van der Waals surface area contributed by atoms with E-state index in [4.69, 9.17) is 21.3 Å². The summed E-state index contributed by atoms with van der Waals surface area (Å²) in [5.74, 6) is 3.15. The minimum atomic E-state index is -2.59. The van der Waals surface area contributed by atoms with Gasteiger partial charge in [0.05, 0.1) is 11.3 Å². The number of rotatable bonds is 4. The van der Waals surface area contributed by atoms with Crippen LogP contribution in [0.15, 0.2) is 152 Å². The van der Waals surface area contributed by atoms with Crippen LogP contribution in [-0.2, 0) is 11.8 Å². The Morgan fingerprint density at radius 3 is 1.28 bits per heavy atom. The van der Waals surface area contributed by atoms with Crippen molar-refractivity contribution in [3.05, 3.63) is 152 Å². The van der Waals surface area contributed by atoms with E-state index in [0.717, 1.165) is 83.4 Å². The fourth-order valence-electron chi connectivity index (χ4n) is 6.47. The standard InChI is InChI=1S/C40H25N2O2PS/c46-45-38-22-30(26-6-1-8-28(20-26)32-10-4-18-41-24-32)14-16-34(38)43-36-12-3-13-37(40(36)45)44-35-17-15-31(23-39(35)45)27-7-2-9-29(21-27)33-11-5-19-42-25-33/h1-25H. The second-order valence-electron chi connectivity index (χ2n) is 11.4. The maximum Gasteiger partial charge on any atom is 0.140 e. The molecule has 0 unspecified atom stereocenters. The first-order chi connectivity index (χ1) is 22.6. The van der Waals surface area contributed by atoms with Crippen molar-refractivity contribution in [3.8, 4) is 67.5 Å². The van der Waals surface area contributed by atoms with Crippen molar-refractivity contribution in [3.63, 3.8) is 0 Å². The van der Waals surface area contributed by atoms with Crippen LogP contribution in [-0.4, -0.2) is 9.97 Å². The molecule has 5 aromatic carbocycles. The van der Waals surface area contributed by atoms with Crippen molar-refractivity contribution < 1.29 is 9.47 Å². The Morgan fingerprint density at radius 2 is 0.826 bits per heavy atom. The SMILES string of the molecule is S=P12c3cc(-c4cccc(-c5cccnc5)c4)ccc3Oc3cccc(c31)Oc1ccc(-c3cccc(-c4cccnc4)c3)cc12. The number of pyridine rings is 2. The molecule has 0 saturated heterocycles. The zero-order valence-corrected chi connectivity index (χ0v) is 26.2. The van der Waals surface area contributed by atoms with Gasteiger partial charge < -0.3 is 9.47 Å². The van der Waals surface area contributed by atoms with Gasteiger partial charge in [0.2, 0.25) is 0 Å². The van der Waals surface area contributed by atoms with Crippen LogP contribution in [0.25, 0.3) is 44.5 Å². The Morgan fingerprint density at radius 1 is 0.413 bits per heavy atom. The first-order valence-corrected chi connectivity index (χ1v) is 17.9. The molecule has 0 amide bonds. The topological polar surface area (TPSA) is 44.2 Å². The molecule has 0 radical (unpaired) electrons. The average molecular weight is 629 g/mol. The smallest absolute Gasteiger partial charge is 0.140 e. The lowest BCUT2D eigenvalue weighted by molar-refractivity contribution is 0.466. The van der Waals surface area contributed by atoms with Crippen molar-refractivity contribution in [2.45, 2.75) is 0 Å². The molecule has 9 rings (SSSR count). The van der Waals surface area contributed by atoms with Gasteiger partial charge in [-0.1, -0.05) is 78.5 Å². The molecule has 4 heterocycles. The van der Waals surface area contributed by atoms with Gasteiger partial charge in [-0.05, 0) is 94.0 Å². The van der Waals surface area contributed by atoms with Gasteiger partial charge in [-0.25, -0.2) is 0 Å². The zero-order chi connectivity index (χ0) is 30.7. The fraction of sp³-hybridized carbons (Fsp3) is 0. The van der Waals surface area contributed by atoms with Gasteiger partial charge in [0.15, 0.2) is 0 Å². The molecular weight excluding hydrogens is 603 g/mol. The molecule has 46 heavy (non-hydrogen) atoms. The van der Waals surface area contributed by atoms with Crippen LogP contribution in [0.3, 0.4) is 0 Å². The Bertz CT molecular complexity index is 2200. The van der Waals surface area contributed by atoms with Crippen molar-refractivity contribution >= 4 is 33.8 Å². The summed E-state index contributed by atoms with van der Waals surface area (Å²) in [6.45, 7) is 0. The summed E-state index contributed by atoms with van der Waals surface area (Å²) < 4.78 is 13.1.